The molecule has 0 aromatic heterocycles. The highest BCUT2D eigenvalue weighted by atomic mass is 19.1. The number of nitrogens with zero attached hydrogens (tertiary/aromatic N) is 1. The first-order valence-electron chi connectivity index (χ1n) is 6.48. The van der Waals surface area contributed by atoms with Crippen LogP contribution in [0.5, 0.6) is 0 Å². The molecule has 1 N–H and O–H groups in total. The summed E-state index contributed by atoms with van der Waals surface area (Å²) in [7, 11) is 0. The Hall–Kier alpha value is -2.11. The van der Waals surface area contributed by atoms with E-state index in [0.29, 0.717) is 12.8 Å². The monoisotopic (exact) mass is 281 g/mol. The van der Waals surface area contributed by atoms with Crippen LogP contribution in [0.15, 0.2) is 24.3 Å². The van der Waals surface area contributed by atoms with Gasteiger partial charge in [-0.2, -0.15) is 0 Å². The average Bonchev–Trinajstić information content (AvgIpc) is 2.69. The van der Waals surface area contributed by atoms with Gasteiger partial charge in [-0.3, -0.25) is 4.90 Å². The van der Waals surface area contributed by atoms with Crippen LogP contribution in [0.1, 0.15) is 25.3 Å². The molecule has 2 rings (SSSR count). The summed E-state index contributed by atoms with van der Waals surface area (Å²) in [5.41, 5.74) is 0.271. The Bertz CT molecular complexity index is 520. The van der Waals surface area contributed by atoms with E-state index in [0.717, 1.165) is 4.90 Å². The zero-order valence-corrected chi connectivity index (χ0v) is 11.1. The van der Waals surface area contributed by atoms with Crippen molar-refractivity contribution in [2.24, 2.45) is 0 Å². The average molecular weight is 281 g/mol. The van der Waals surface area contributed by atoms with Crippen molar-refractivity contribution >= 4 is 12.1 Å². The van der Waals surface area contributed by atoms with Gasteiger partial charge in [0.1, 0.15) is 11.9 Å². The Morgan fingerprint density at radius 2 is 2.15 bits per heavy atom. The Kier molecular flexibility index (Phi) is 4.22. The number of halogens is 1. The molecule has 108 valence electrons. The highest BCUT2D eigenvalue weighted by Gasteiger charge is 2.45. The van der Waals surface area contributed by atoms with Gasteiger partial charge in [-0.05, 0) is 12.5 Å². The van der Waals surface area contributed by atoms with Crippen molar-refractivity contribution < 1.29 is 23.8 Å². The predicted octanol–water partition coefficient (Wildman–Crippen LogP) is 2.40. The number of carbonyl (C=O) groups excluding carboxylic acids is 1. The summed E-state index contributed by atoms with van der Waals surface area (Å²) in [6.07, 6.45) is -0.220. The number of aliphatic carboxylic acids is 1. The lowest BCUT2D eigenvalue weighted by Gasteiger charge is -2.20. The standard InChI is InChI=1S/C14H16FNO4/c1-2-5-11-12(13(17)18)16(14(19)20-11)8-9-6-3-4-7-10(9)15/h3-4,6-7,11-12H,2,5,8H2,1H3,(H,17,18)/t11-,12+/m0/s1. The first-order chi connectivity index (χ1) is 9.54. The van der Waals surface area contributed by atoms with Crippen LogP contribution in [-0.2, 0) is 16.1 Å². The predicted molar refractivity (Wildman–Crippen MR) is 68.5 cm³/mol. The van der Waals surface area contributed by atoms with Gasteiger partial charge in [-0.25, -0.2) is 14.0 Å². The number of hydrogen-bond acceptors (Lipinski definition) is 3. The summed E-state index contributed by atoms with van der Waals surface area (Å²) < 4.78 is 18.7. The van der Waals surface area contributed by atoms with E-state index >= 15 is 0 Å². The smallest absolute Gasteiger partial charge is 0.411 e. The van der Waals surface area contributed by atoms with Crippen molar-refractivity contribution in [1.82, 2.24) is 4.90 Å². The van der Waals surface area contributed by atoms with Crippen molar-refractivity contribution in [3.63, 3.8) is 0 Å². The Morgan fingerprint density at radius 1 is 1.45 bits per heavy atom. The molecule has 1 aromatic carbocycles. The molecule has 0 spiro atoms. The minimum atomic E-state index is -1.13. The van der Waals surface area contributed by atoms with E-state index in [1.54, 1.807) is 6.07 Å². The van der Waals surface area contributed by atoms with Gasteiger partial charge in [0.25, 0.3) is 0 Å². The topological polar surface area (TPSA) is 66.8 Å². The van der Waals surface area contributed by atoms with E-state index in [-0.39, 0.29) is 12.1 Å². The number of benzene rings is 1. The maximum Gasteiger partial charge on any atom is 0.411 e. The van der Waals surface area contributed by atoms with Crippen molar-refractivity contribution in [3.8, 4) is 0 Å². The Morgan fingerprint density at radius 3 is 2.75 bits per heavy atom. The lowest BCUT2D eigenvalue weighted by Crippen LogP contribution is -2.42. The molecule has 5 nitrogen and oxygen atoms in total. The SMILES string of the molecule is CCC[C@@H]1OC(=O)N(Cc2ccccc2F)[C@H]1C(=O)O. The summed E-state index contributed by atoms with van der Waals surface area (Å²) in [6, 6.07) is 4.90. The molecule has 1 aromatic rings. The number of carbonyl (C=O) groups is 2. The van der Waals surface area contributed by atoms with Gasteiger partial charge in [0.2, 0.25) is 0 Å². The highest BCUT2D eigenvalue weighted by Crippen LogP contribution is 2.26. The summed E-state index contributed by atoms with van der Waals surface area (Å²) in [5.74, 6) is -1.60. The third kappa shape index (κ3) is 2.74. The minimum absolute atomic E-state index is 0.108. The number of ether oxygens (including phenoxy) is 1. The van der Waals surface area contributed by atoms with Crippen LogP contribution in [0.3, 0.4) is 0 Å². The van der Waals surface area contributed by atoms with Crippen LogP contribution in [0.2, 0.25) is 0 Å². The number of hydrogen-bond donors (Lipinski definition) is 1. The van der Waals surface area contributed by atoms with Crippen LogP contribution in [0.4, 0.5) is 9.18 Å². The van der Waals surface area contributed by atoms with Crippen molar-refractivity contribution in [1.29, 1.82) is 0 Å². The zero-order chi connectivity index (χ0) is 14.7. The fourth-order valence-electron chi connectivity index (χ4n) is 2.34. The molecule has 0 radical (unpaired) electrons. The molecule has 1 heterocycles. The largest absolute Gasteiger partial charge is 0.480 e. The number of carboxylic acids is 1. The molecule has 1 amide bonds. The van der Waals surface area contributed by atoms with Crippen LogP contribution in [0.25, 0.3) is 0 Å². The molecule has 1 aliphatic rings. The van der Waals surface area contributed by atoms with E-state index in [1.165, 1.54) is 18.2 Å². The molecule has 1 aliphatic heterocycles. The first-order valence-corrected chi connectivity index (χ1v) is 6.48. The van der Waals surface area contributed by atoms with Gasteiger partial charge in [0.15, 0.2) is 6.04 Å². The van der Waals surface area contributed by atoms with Gasteiger partial charge in [-0.15, -0.1) is 0 Å². The fraction of sp³-hybridized carbons (Fsp3) is 0.429. The molecule has 0 saturated carbocycles. The molecule has 6 heteroatoms. The van der Waals surface area contributed by atoms with Crippen molar-refractivity contribution in [2.75, 3.05) is 0 Å². The second-order valence-corrected chi connectivity index (χ2v) is 4.71. The summed E-state index contributed by atoms with van der Waals surface area (Å²) in [6.45, 7) is 1.77. The minimum Gasteiger partial charge on any atom is -0.480 e. The Balaban J connectivity index is 2.22. The molecule has 1 fully saturated rings. The van der Waals surface area contributed by atoms with Crippen molar-refractivity contribution in [2.45, 2.75) is 38.5 Å². The lowest BCUT2D eigenvalue weighted by molar-refractivity contribution is -0.143. The van der Waals surface area contributed by atoms with Gasteiger partial charge in [0, 0.05) is 5.56 Å². The van der Waals surface area contributed by atoms with Crippen LogP contribution in [0, 0.1) is 5.82 Å². The van der Waals surface area contributed by atoms with Crippen LogP contribution in [-0.4, -0.2) is 34.2 Å². The number of carboxylic acid groups (broad SMARTS) is 1. The summed E-state index contributed by atoms with van der Waals surface area (Å²) in [4.78, 5) is 24.2. The maximum absolute atomic E-state index is 13.6. The fourth-order valence-corrected chi connectivity index (χ4v) is 2.34. The third-order valence-corrected chi connectivity index (χ3v) is 3.30. The van der Waals surface area contributed by atoms with Gasteiger partial charge >= 0.3 is 12.1 Å². The van der Waals surface area contributed by atoms with E-state index in [1.807, 2.05) is 6.92 Å². The van der Waals surface area contributed by atoms with E-state index in [9.17, 15) is 19.1 Å². The van der Waals surface area contributed by atoms with Gasteiger partial charge in [0.05, 0.1) is 6.54 Å². The molecule has 1 saturated heterocycles. The van der Waals surface area contributed by atoms with Crippen LogP contribution < -0.4 is 0 Å². The van der Waals surface area contributed by atoms with Crippen LogP contribution >= 0.6 is 0 Å². The zero-order valence-electron chi connectivity index (χ0n) is 11.1. The number of amides is 1. The van der Waals surface area contributed by atoms with E-state index in [4.69, 9.17) is 4.74 Å². The highest BCUT2D eigenvalue weighted by molar-refractivity contribution is 5.83. The molecular formula is C14H16FNO4. The molecular weight excluding hydrogens is 265 g/mol. The van der Waals surface area contributed by atoms with Gasteiger partial charge in [-0.1, -0.05) is 31.5 Å². The normalized spacial score (nSPS) is 21.9. The van der Waals surface area contributed by atoms with E-state index < -0.39 is 30.0 Å². The molecule has 0 unspecified atom stereocenters. The first kappa shape index (κ1) is 14.3. The maximum atomic E-state index is 13.6. The second kappa shape index (κ2) is 5.90. The number of rotatable bonds is 5. The second-order valence-electron chi connectivity index (χ2n) is 4.71. The van der Waals surface area contributed by atoms with Crippen molar-refractivity contribution in [3.05, 3.63) is 35.6 Å². The van der Waals surface area contributed by atoms with Gasteiger partial charge < -0.3 is 9.84 Å². The Labute approximate surface area is 116 Å². The van der Waals surface area contributed by atoms with E-state index in [2.05, 4.69) is 0 Å². The molecule has 20 heavy (non-hydrogen) atoms. The summed E-state index contributed by atoms with van der Waals surface area (Å²) >= 11 is 0. The number of cyclic esters (lactones) is 1. The quantitative estimate of drug-likeness (QED) is 0.900. The molecule has 0 bridgehead atoms. The molecule has 2 atom stereocenters. The summed E-state index contributed by atoms with van der Waals surface area (Å²) in [5, 5.41) is 9.28. The lowest BCUT2D eigenvalue weighted by atomic mass is 10.1. The molecule has 0 aliphatic carbocycles. The third-order valence-electron chi connectivity index (χ3n) is 3.30.